The zero-order valence-electron chi connectivity index (χ0n) is 9.71. The van der Waals surface area contributed by atoms with E-state index in [0.29, 0.717) is 0 Å². The molecule has 1 aromatic rings. The largest absolute Gasteiger partial charge is 0.325 e. The summed E-state index contributed by atoms with van der Waals surface area (Å²) in [7, 11) is 0. The fourth-order valence-corrected chi connectivity index (χ4v) is 2.59. The summed E-state index contributed by atoms with van der Waals surface area (Å²) in [6, 6.07) is 7.01. The van der Waals surface area contributed by atoms with E-state index in [9.17, 15) is 4.39 Å². The van der Waals surface area contributed by atoms with Gasteiger partial charge in [0.1, 0.15) is 5.82 Å². The van der Waals surface area contributed by atoms with Gasteiger partial charge in [-0.15, -0.1) is 0 Å². The number of hydrogen-bond acceptors (Lipinski definition) is 1. The second-order valence-electron chi connectivity index (χ2n) is 5.01. The highest BCUT2D eigenvalue weighted by molar-refractivity contribution is 5.17. The van der Waals surface area contributed by atoms with Crippen molar-refractivity contribution in [2.45, 2.75) is 50.5 Å². The van der Waals surface area contributed by atoms with E-state index >= 15 is 0 Å². The Morgan fingerprint density at radius 1 is 1.12 bits per heavy atom. The van der Waals surface area contributed by atoms with Gasteiger partial charge in [-0.2, -0.15) is 0 Å². The molecule has 1 aromatic carbocycles. The standard InChI is InChI=1S/C14H20FN/c15-13-7-3-2-6-12(13)8-11-14(16)9-4-1-5-10-14/h2-3,6-7H,1,4-5,8-11,16H2. The van der Waals surface area contributed by atoms with E-state index < -0.39 is 0 Å². The third kappa shape index (κ3) is 2.82. The average molecular weight is 221 g/mol. The summed E-state index contributed by atoms with van der Waals surface area (Å²) < 4.78 is 13.4. The minimum Gasteiger partial charge on any atom is -0.325 e. The molecule has 0 amide bonds. The van der Waals surface area contributed by atoms with Crippen molar-refractivity contribution < 1.29 is 4.39 Å². The molecule has 0 bridgehead atoms. The second-order valence-corrected chi connectivity index (χ2v) is 5.01. The molecule has 0 atom stereocenters. The lowest BCUT2D eigenvalue weighted by molar-refractivity contribution is 0.277. The molecule has 2 rings (SSSR count). The summed E-state index contributed by atoms with van der Waals surface area (Å²) in [5.41, 5.74) is 7.10. The summed E-state index contributed by atoms with van der Waals surface area (Å²) in [6.45, 7) is 0. The molecular weight excluding hydrogens is 201 g/mol. The van der Waals surface area contributed by atoms with Crippen molar-refractivity contribution in [3.05, 3.63) is 35.6 Å². The number of halogens is 1. The number of aryl methyl sites for hydroxylation is 1. The Hall–Kier alpha value is -0.890. The number of rotatable bonds is 3. The van der Waals surface area contributed by atoms with Crippen molar-refractivity contribution in [1.29, 1.82) is 0 Å². The molecule has 0 saturated heterocycles. The Kier molecular flexibility index (Phi) is 3.59. The van der Waals surface area contributed by atoms with Crippen LogP contribution in [0.2, 0.25) is 0 Å². The minimum atomic E-state index is -0.0955. The van der Waals surface area contributed by atoms with E-state index in [2.05, 4.69) is 0 Å². The van der Waals surface area contributed by atoms with Crippen LogP contribution in [0.3, 0.4) is 0 Å². The summed E-state index contributed by atoms with van der Waals surface area (Å²) in [6.07, 6.45) is 7.64. The highest BCUT2D eigenvalue weighted by atomic mass is 19.1. The van der Waals surface area contributed by atoms with Crippen LogP contribution in [-0.2, 0) is 6.42 Å². The molecule has 1 nitrogen and oxygen atoms in total. The van der Waals surface area contributed by atoms with Crippen molar-refractivity contribution >= 4 is 0 Å². The Morgan fingerprint density at radius 2 is 1.81 bits per heavy atom. The fourth-order valence-electron chi connectivity index (χ4n) is 2.59. The molecule has 0 aliphatic heterocycles. The molecule has 2 N–H and O–H groups in total. The van der Waals surface area contributed by atoms with Crippen LogP contribution in [0, 0.1) is 5.82 Å². The molecule has 1 saturated carbocycles. The van der Waals surface area contributed by atoms with Crippen molar-refractivity contribution in [3.8, 4) is 0 Å². The maximum Gasteiger partial charge on any atom is 0.126 e. The molecule has 16 heavy (non-hydrogen) atoms. The smallest absolute Gasteiger partial charge is 0.126 e. The summed E-state index contributed by atoms with van der Waals surface area (Å²) in [5, 5.41) is 0. The number of nitrogens with two attached hydrogens (primary N) is 1. The van der Waals surface area contributed by atoms with Crippen LogP contribution in [-0.4, -0.2) is 5.54 Å². The lowest BCUT2D eigenvalue weighted by atomic mass is 9.79. The average Bonchev–Trinajstić information content (AvgIpc) is 2.29. The fraction of sp³-hybridized carbons (Fsp3) is 0.571. The van der Waals surface area contributed by atoms with Gasteiger partial charge >= 0.3 is 0 Å². The van der Waals surface area contributed by atoms with E-state index in [-0.39, 0.29) is 11.4 Å². The first-order valence-electron chi connectivity index (χ1n) is 6.22. The highest BCUT2D eigenvalue weighted by Gasteiger charge is 2.26. The molecule has 0 radical (unpaired) electrons. The van der Waals surface area contributed by atoms with Crippen LogP contribution in [0.15, 0.2) is 24.3 Å². The van der Waals surface area contributed by atoms with E-state index in [1.54, 1.807) is 6.07 Å². The molecule has 0 heterocycles. The van der Waals surface area contributed by atoms with Gasteiger partial charge in [0.25, 0.3) is 0 Å². The van der Waals surface area contributed by atoms with Gasteiger partial charge in [0.15, 0.2) is 0 Å². The quantitative estimate of drug-likeness (QED) is 0.831. The van der Waals surface area contributed by atoms with Crippen LogP contribution in [0.1, 0.15) is 44.1 Å². The zero-order valence-corrected chi connectivity index (χ0v) is 9.71. The third-order valence-electron chi connectivity index (χ3n) is 3.70. The first-order valence-corrected chi connectivity index (χ1v) is 6.22. The normalized spacial score (nSPS) is 19.6. The maximum atomic E-state index is 13.4. The molecule has 1 aliphatic rings. The van der Waals surface area contributed by atoms with Crippen LogP contribution >= 0.6 is 0 Å². The van der Waals surface area contributed by atoms with Gasteiger partial charge in [-0.1, -0.05) is 37.5 Å². The van der Waals surface area contributed by atoms with Crippen LogP contribution in [0.4, 0.5) is 4.39 Å². The Labute approximate surface area is 96.9 Å². The first-order chi connectivity index (χ1) is 7.70. The van der Waals surface area contributed by atoms with Crippen LogP contribution < -0.4 is 5.73 Å². The molecule has 2 heteroatoms. The van der Waals surface area contributed by atoms with E-state index in [1.807, 2.05) is 12.1 Å². The van der Waals surface area contributed by atoms with Crippen molar-refractivity contribution in [3.63, 3.8) is 0 Å². The van der Waals surface area contributed by atoms with E-state index in [0.717, 1.165) is 31.2 Å². The summed E-state index contributed by atoms with van der Waals surface area (Å²) in [4.78, 5) is 0. The summed E-state index contributed by atoms with van der Waals surface area (Å²) in [5.74, 6) is -0.0955. The van der Waals surface area contributed by atoms with E-state index in [1.165, 1.54) is 25.3 Å². The van der Waals surface area contributed by atoms with Crippen molar-refractivity contribution in [2.24, 2.45) is 5.73 Å². The highest BCUT2D eigenvalue weighted by Crippen LogP contribution is 2.30. The first kappa shape index (κ1) is 11.6. The molecular formula is C14H20FN. The molecule has 0 aromatic heterocycles. The minimum absolute atomic E-state index is 0.0411. The molecule has 1 fully saturated rings. The molecule has 88 valence electrons. The molecule has 1 aliphatic carbocycles. The maximum absolute atomic E-state index is 13.4. The van der Waals surface area contributed by atoms with Crippen molar-refractivity contribution in [1.82, 2.24) is 0 Å². The SMILES string of the molecule is NC1(CCc2ccccc2F)CCCCC1. The van der Waals surface area contributed by atoms with Gasteiger partial charge in [-0.25, -0.2) is 4.39 Å². The molecule has 0 unspecified atom stereocenters. The topological polar surface area (TPSA) is 26.0 Å². The van der Waals surface area contributed by atoms with Gasteiger partial charge in [-0.05, 0) is 37.3 Å². The van der Waals surface area contributed by atoms with Crippen LogP contribution in [0.25, 0.3) is 0 Å². The van der Waals surface area contributed by atoms with Crippen LogP contribution in [0.5, 0.6) is 0 Å². The number of benzene rings is 1. The van der Waals surface area contributed by atoms with Gasteiger partial charge < -0.3 is 5.73 Å². The second kappa shape index (κ2) is 4.96. The Morgan fingerprint density at radius 3 is 2.50 bits per heavy atom. The zero-order chi connectivity index (χ0) is 11.4. The lowest BCUT2D eigenvalue weighted by Crippen LogP contribution is -2.42. The predicted molar refractivity (Wildman–Crippen MR) is 64.7 cm³/mol. The van der Waals surface area contributed by atoms with Gasteiger partial charge in [0, 0.05) is 5.54 Å². The Balaban J connectivity index is 1.94. The lowest BCUT2D eigenvalue weighted by Gasteiger charge is -2.33. The summed E-state index contributed by atoms with van der Waals surface area (Å²) >= 11 is 0. The van der Waals surface area contributed by atoms with Gasteiger partial charge in [0.2, 0.25) is 0 Å². The van der Waals surface area contributed by atoms with Gasteiger partial charge in [-0.3, -0.25) is 0 Å². The van der Waals surface area contributed by atoms with Gasteiger partial charge in [0.05, 0.1) is 0 Å². The van der Waals surface area contributed by atoms with E-state index in [4.69, 9.17) is 5.73 Å². The third-order valence-corrected chi connectivity index (χ3v) is 3.70. The predicted octanol–water partition coefficient (Wildman–Crippen LogP) is 3.42. The monoisotopic (exact) mass is 221 g/mol. The Bertz CT molecular complexity index is 342. The van der Waals surface area contributed by atoms with Crippen molar-refractivity contribution in [2.75, 3.05) is 0 Å². The molecule has 0 spiro atoms. The number of hydrogen-bond donors (Lipinski definition) is 1.